The van der Waals surface area contributed by atoms with Gasteiger partial charge in [-0.3, -0.25) is 14.3 Å². The van der Waals surface area contributed by atoms with Gasteiger partial charge in [-0.2, -0.15) is 0 Å². The van der Waals surface area contributed by atoms with Crippen LogP contribution >= 0.6 is 0 Å². The molecule has 1 aliphatic heterocycles. The van der Waals surface area contributed by atoms with Gasteiger partial charge in [0.05, 0.1) is 6.10 Å². The minimum absolute atomic E-state index is 0.00784. The molecule has 1 saturated heterocycles. The van der Waals surface area contributed by atoms with Gasteiger partial charge in [0.15, 0.2) is 0 Å². The zero-order valence-electron chi connectivity index (χ0n) is 11.6. The number of aromatic amines is 1. The van der Waals surface area contributed by atoms with Crippen LogP contribution in [0.15, 0.2) is 15.7 Å². The van der Waals surface area contributed by atoms with Crippen LogP contribution in [0.4, 0.5) is 0 Å². The Balaban J connectivity index is 1.97. The first-order valence-corrected chi connectivity index (χ1v) is 6.83. The highest BCUT2D eigenvalue weighted by Gasteiger charge is 2.26. The van der Waals surface area contributed by atoms with Crippen molar-refractivity contribution in [3.05, 3.63) is 32.6 Å². The van der Waals surface area contributed by atoms with Crippen molar-refractivity contribution in [2.24, 2.45) is 5.92 Å². The number of piperidine rings is 1. The summed E-state index contributed by atoms with van der Waals surface area (Å²) in [7, 11) is 0. The summed E-state index contributed by atoms with van der Waals surface area (Å²) in [6.45, 7) is 3.70. The SMILES string of the molecule is Cc1cc(=O)n(CCN2CC[C@H](CO)[C@@H](O)C2)c(=O)[nH]1. The van der Waals surface area contributed by atoms with Crippen LogP contribution < -0.4 is 11.2 Å². The molecule has 0 saturated carbocycles. The number of aryl methyl sites for hydroxylation is 1. The van der Waals surface area contributed by atoms with E-state index in [0.717, 1.165) is 17.5 Å². The highest BCUT2D eigenvalue weighted by atomic mass is 16.3. The second kappa shape index (κ2) is 6.34. The predicted molar refractivity (Wildman–Crippen MR) is 73.7 cm³/mol. The molecule has 2 rings (SSSR count). The summed E-state index contributed by atoms with van der Waals surface area (Å²) < 4.78 is 1.16. The van der Waals surface area contributed by atoms with Gasteiger partial charge in [0, 0.05) is 43.9 Å². The molecule has 3 N–H and O–H groups in total. The summed E-state index contributed by atoms with van der Waals surface area (Å²) in [5.74, 6) is -0.0725. The Morgan fingerprint density at radius 2 is 2.15 bits per heavy atom. The van der Waals surface area contributed by atoms with Crippen molar-refractivity contribution in [2.45, 2.75) is 26.0 Å². The van der Waals surface area contributed by atoms with Gasteiger partial charge in [0.25, 0.3) is 5.56 Å². The van der Waals surface area contributed by atoms with E-state index >= 15 is 0 Å². The summed E-state index contributed by atoms with van der Waals surface area (Å²) in [4.78, 5) is 28.0. The summed E-state index contributed by atoms with van der Waals surface area (Å²) in [6, 6.07) is 1.40. The van der Waals surface area contributed by atoms with Gasteiger partial charge in [0.1, 0.15) is 0 Å². The van der Waals surface area contributed by atoms with E-state index in [4.69, 9.17) is 5.11 Å². The third-order valence-corrected chi connectivity index (χ3v) is 3.84. The Hall–Kier alpha value is -1.44. The number of aliphatic hydroxyl groups excluding tert-OH is 2. The summed E-state index contributed by atoms with van der Waals surface area (Å²) in [5, 5.41) is 18.9. The molecule has 20 heavy (non-hydrogen) atoms. The van der Waals surface area contributed by atoms with E-state index < -0.39 is 11.8 Å². The Kier molecular flexibility index (Phi) is 4.74. The van der Waals surface area contributed by atoms with Crippen molar-refractivity contribution in [3.8, 4) is 0 Å². The van der Waals surface area contributed by atoms with E-state index in [1.54, 1.807) is 6.92 Å². The van der Waals surface area contributed by atoms with E-state index in [0.29, 0.717) is 25.3 Å². The minimum Gasteiger partial charge on any atom is -0.396 e. The molecule has 0 radical (unpaired) electrons. The molecule has 1 aromatic rings. The number of rotatable bonds is 4. The number of nitrogens with zero attached hydrogens (tertiary/aromatic N) is 2. The fourth-order valence-corrected chi connectivity index (χ4v) is 2.55. The fourth-order valence-electron chi connectivity index (χ4n) is 2.55. The lowest BCUT2D eigenvalue weighted by molar-refractivity contribution is -0.00283. The highest BCUT2D eigenvalue weighted by Crippen LogP contribution is 2.16. The van der Waals surface area contributed by atoms with Crippen molar-refractivity contribution >= 4 is 0 Å². The topological polar surface area (TPSA) is 98.6 Å². The number of nitrogens with one attached hydrogen (secondary N) is 1. The Labute approximate surface area is 116 Å². The molecule has 0 unspecified atom stereocenters. The number of aromatic nitrogens is 2. The monoisotopic (exact) mass is 283 g/mol. The molecular formula is C13H21N3O4. The zero-order valence-corrected chi connectivity index (χ0v) is 11.6. The molecule has 0 bridgehead atoms. The number of likely N-dealkylation sites (tertiary alicyclic amines) is 1. The van der Waals surface area contributed by atoms with Gasteiger partial charge in [-0.05, 0) is 19.9 Å². The number of aliphatic hydroxyl groups is 2. The normalized spacial score (nSPS) is 23.9. The maximum atomic E-state index is 11.7. The largest absolute Gasteiger partial charge is 0.396 e. The van der Waals surface area contributed by atoms with E-state index in [1.165, 1.54) is 6.07 Å². The van der Waals surface area contributed by atoms with Crippen molar-refractivity contribution in [3.63, 3.8) is 0 Å². The highest BCUT2D eigenvalue weighted by molar-refractivity contribution is 4.96. The molecule has 0 spiro atoms. The summed E-state index contributed by atoms with van der Waals surface area (Å²) in [5.41, 5.74) is -0.159. The average Bonchev–Trinajstić information content (AvgIpc) is 2.37. The first kappa shape index (κ1) is 15.0. The maximum Gasteiger partial charge on any atom is 0.328 e. The Bertz CT molecular complexity index is 534. The van der Waals surface area contributed by atoms with Crippen LogP contribution in [0.1, 0.15) is 12.1 Å². The van der Waals surface area contributed by atoms with Crippen molar-refractivity contribution in [1.29, 1.82) is 0 Å². The standard InChI is InChI=1S/C13H21N3O4/c1-9-6-12(19)16(13(20)14-9)5-4-15-3-2-10(8-17)11(18)7-15/h6,10-11,17-18H,2-5,7-8H2,1H3,(H,14,20)/t10-,11+/m1/s1. The van der Waals surface area contributed by atoms with Gasteiger partial charge < -0.3 is 15.2 Å². The van der Waals surface area contributed by atoms with Crippen LogP contribution in [-0.2, 0) is 6.54 Å². The molecule has 2 atom stereocenters. The second-order valence-corrected chi connectivity index (χ2v) is 5.35. The number of hydrogen-bond acceptors (Lipinski definition) is 5. The molecule has 1 fully saturated rings. The van der Waals surface area contributed by atoms with Gasteiger partial charge in [-0.15, -0.1) is 0 Å². The van der Waals surface area contributed by atoms with Crippen LogP contribution in [0.3, 0.4) is 0 Å². The minimum atomic E-state index is -0.554. The molecule has 0 amide bonds. The van der Waals surface area contributed by atoms with Crippen LogP contribution in [0.2, 0.25) is 0 Å². The van der Waals surface area contributed by atoms with Crippen molar-refractivity contribution in [1.82, 2.24) is 14.5 Å². The van der Waals surface area contributed by atoms with E-state index in [9.17, 15) is 14.7 Å². The molecule has 1 aromatic heterocycles. The smallest absolute Gasteiger partial charge is 0.328 e. The maximum absolute atomic E-state index is 11.7. The molecule has 7 heteroatoms. The van der Waals surface area contributed by atoms with Crippen molar-refractivity contribution in [2.75, 3.05) is 26.2 Å². The summed E-state index contributed by atoms with van der Waals surface area (Å²) >= 11 is 0. The van der Waals surface area contributed by atoms with E-state index in [2.05, 4.69) is 4.98 Å². The average molecular weight is 283 g/mol. The second-order valence-electron chi connectivity index (χ2n) is 5.35. The van der Waals surface area contributed by atoms with Gasteiger partial charge >= 0.3 is 5.69 Å². The van der Waals surface area contributed by atoms with Crippen LogP contribution in [0, 0.1) is 12.8 Å². The van der Waals surface area contributed by atoms with E-state index in [-0.39, 0.29) is 18.1 Å². The molecule has 1 aliphatic rings. The lowest BCUT2D eigenvalue weighted by Gasteiger charge is -2.35. The molecule has 0 aliphatic carbocycles. The van der Waals surface area contributed by atoms with E-state index in [1.807, 2.05) is 4.90 Å². The van der Waals surface area contributed by atoms with Crippen LogP contribution in [0.5, 0.6) is 0 Å². The first-order chi connectivity index (χ1) is 9.51. The quantitative estimate of drug-likeness (QED) is 0.626. The number of H-pyrrole nitrogens is 1. The van der Waals surface area contributed by atoms with Gasteiger partial charge in [0.2, 0.25) is 0 Å². The fraction of sp³-hybridized carbons (Fsp3) is 0.692. The third-order valence-electron chi connectivity index (χ3n) is 3.84. The molecule has 0 aromatic carbocycles. The van der Waals surface area contributed by atoms with Crippen LogP contribution in [-0.4, -0.2) is 57.0 Å². The summed E-state index contributed by atoms with van der Waals surface area (Å²) in [6.07, 6.45) is 0.165. The zero-order chi connectivity index (χ0) is 14.7. The lowest BCUT2D eigenvalue weighted by Crippen LogP contribution is -2.47. The third kappa shape index (κ3) is 3.36. The first-order valence-electron chi connectivity index (χ1n) is 6.83. The number of hydrogen-bond donors (Lipinski definition) is 3. The van der Waals surface area contributed by atoms with Gasteiger partial charge in [-0.25, -0.2) is 4.79 Å². The lowest BCUT2D eigenvalue weighted by atomic mass is 9.95. The predicted octanol–water partition coefficient (Wildman–Crippen LogP) is -1.48. The molecule has 7 nitrogen and oxygen atoms in total. The van der Waals surface area contributed by atoms with Gasteiger partial charge in [-0.1, -0.05) is 0 Å². The molecule has 2 heterocycles. The number of β-amino-alcohol motifs (C(OH)–C–C–N with tert-alkyl or cyclic N) is 1. The van der Waals surface area contributed by atoms with Crippen LogP contribution in [0.25, 0.3) is 0 Å². The molecule has 112 valence electrons. The molecular weight excluding hydrogens is 262 g/mol. The van der Waals surface area contributed by atoms with Crippen molar-refractivity contribution < 1.29 is 10.2 Å². The Morgan fingerprint density at radius 3 is 2.75 bits per heavy atom. The Morgan fingerprint density at radius 1 is 1.40 bits per heavy atom.